The monoisotopic (exact) mass is 229 g/mol. The van der Waals surface area contributed by atoms with Gasteiger partial charge in [-0.25, -0.2) is 0 Å². The zero-order valence-electron chi connectivity index (χ0n) is 11.7. The molecule has 0 rings (SSSR count). The van der Waals surface area contributed by atoms with Crippen LogP contribution in [0.5, 0.6) is 0 Å². The molecular weight excluding hydrogens is 198 g/mol. The van der Waals surface area contributed by atoms with Crippen LogP contribution in [0.25, 0.3) is 0 Å². The van der Waals surface area contributed by atoms with E-state index in [-0.39, 0.29) is 0 Å². The van der Waals surface area contributed by atoms with Crippen LogP contribution in [0.2, 0.25) is 0 Å². The predicted octanol–water partition coefficient (Wildman–Crippen LogP) is 3.61. The molecule has 0 fully saturated rings. The Morgan fingerprint density at radius 2 is 1.69 bits per heavy atom. The quantitative estimate of drug-likeness (QED) is 0.547. The Morgan fingerprint density at radius 3 is 2.19 bits per heavy atom. The highest BCUT2D eigenvalue weighted by molar-refractivity contribution is 4.70. The van der Waals surface area contributed by atoms with Crippen LogP contribution < -0.4 is 5.32 Å². The minimum Gasteiger partial charge on any atom is -0.381 e. The van der Waals surface area contributed by atoms with Crippen molar-refractivity contribution in [3.8, 4) is 0 Å². The second-order valence-electron chi connectivity index (χ2n) is 4.57. The van der Waals surface area contributed by atoms with Gasteiger partial charge >= 0.3 is 0 Å². The van der Waals surface area contributed by atoms with Gasteiger partial charge in [0.05, 0.1) is 0 Å². The molecule has 1 N–H and O–H groups in total. The van der Waals surface area contributed by atoms with E-state index in [1.54, 1.807) is 0 Å². The maximum Gasteiger partial charge on any atom is 0.0480 e. The Bertz CT molecular complexity index is 135. The first kappa shape index (κ1) is 15.9. The number of hydrogen-bond donors (Lipinski definition) is 1. The maximum atomic E-state index is 5.57. The van der Waals surface area contributed by atoms with E-state index in [1.807, 2.05) is 0 Å². The molecule has 0 aliphatic rings. The molecule has 0 bridgehead atoms. The van der Waals surface area contributed by atoms with Crippen molar-refractivity contribution in [3.63, 3.8) is 0 Å². The summed E-state index contributed by atoms with van der Waals surface area (Å²) in [4.78, 5) is 0. The lowest BCUT2D eigenvalue weighted by Gasteiger charge is -2.22. The van der Waals surface area contributed by atoms with Crippen molar-refractivity contribution >= 4 is 0 Å². The van der Waals surface area contributed by atoms with E-state index in [0.717, 1.165) is 38.5 Å². The van der Waals surface area contributed by atoms with Crippen LogP contribution in [-0.2, 0) is 4.74 Å². The molecule has 0 aliphatic heterocycles. The van der Waals surface area contributed by atoms with E-state index >= 15 is 0 Å². The van der Waals surface area contributed by atoms with Gasteiger partial charge in [0.1, 0.15) is 0 Å². The predicted molar refractivity (Wildman–Crippen MR) is 71.9 cm³/mol. The molecule has 0 aromatic rings. The summed E-state index contributed by atoms with van der Waals surface area (Å²) in [6, 6.07) is 0.645. The lowest BCUT2D eigenvalue weighted by molar-refractivity contribution is 0.121. The smallest absolute Gasteiger partial charge is 0.0480 e. The van der Waals surface area contributed by atoms with Crippen LogP contribution in [0.3, 0.4) is 0 Å². The van der Waals surface area contributed by atoms with E-state index in [1.165, 1.54) is 19.3 Å². The summed E-state index contributed by atoms with van der Waals surface area (Å²) in [5, 5.41) is 3.58. The van der Waals surface area contributed by atoms with E-state index < -0.39 is 0 Å². The summed E-state index contributed by atoms with van der Waals surface area (Å²) in [7, 11) is 0. The van der Waals surface area contributed by atoms with Crippen molar-refractivity contribution in [1.82, 2.24) is 5.32 Å². The van der Waals surface area contributed by atoms with E-state index in [4.69, 9.17) is 4.74 Å². The van der Waals surface area contributed by atoms with Crippen LogP contribution in [0.4, 0.5) is 0 Å². The zero-order valence-corrected chi connectivity index (χ0v) is 11.7. The topological polar surface area (TPSA) is 21.3 Å². The summed E-state index contributed by atoms with van der Waals surface area (Å²) in [6.45, 7) is 11.8. The molecule has 0 saturated heterocycles. The van der Waals surface area contributed by atoms with Crippen LogP contribution in [0.15, 0.2) is 0 Å². The van der Waals surface area contributed by atoms with E-state index in [9.17, 15) is 0 Å². The SMILES string of the molecule is CCCOCCC(CC(CC)CC)NCC. The van der Waals surface area contributed by atoms with Crippen molar-refractivity contribution in [1.29, 1.82) is 0 Å². The molecule has 1 atom stereocenters. The Hall–Kier alpha value is -0.0800. The van der Waals surface area contributed by atoms with Gasteiger partial charge in [0.2, 0.25) is 0 Å². The van der Waals surface area contributed by atoms with Gasteiger partial charge in [-0.3, -0.25) is 0 Å². The Kier molecular flexibility index (Phi) is 11.3. The van der Waals surface area contributed by atoms with Crippen molar-refractivity contribution in [3.05, 3.63) is 0 Å². The van der Waals surface area contributed by atoms with Crippen LogP contribution in [-0.4, -0.2) is 25.8 Å². The van der Waals surface area contributed by atoms with Crippen LogP contribution >= 0.6 is 0 Å². The normalized spacial score (nSPS) is 13.3. The fraction of sp³-hybridized carbons (Fsp3) is 1.00. The minimum atomic E-state index is 0.645. The molecule has 0 radical (unpaired) electrons. The Labute approximate surface area is 102 Å². The van der Waals surface area contributed by atoms with Crippen LogP contribution in [0.1, 0.15) is 59.8 Å². The minimum absolute atomic E-state index is 0.645. The molecule has 98 valence electrons. The highest BCUT2D eigenvalue weighted by Gasteiger charge is 2.12. The van der Waals surface area contributed by atoms with Crippen molar-refractivity contribution < 1.29 is 4.74 Å². The Balaban J connectivity index is 3.76. The average molecular weight is 229 g/mol. The number of ether oxygens (including phenoxy) is 1. The van der Waals surface area contributed by atoms with Gasteiger partial charge in [-0.2, -0.15) is 0 Å². The molecule has 0 aromatic heterocycles. The lowest BCUT2D eigenvalue weighted by Crippen LogP contribution is -2.32. The molecular formula is C14H31NO. The van der Waals surface area contributed by atoms with Crippen LogP contribution in [0, 0.1) is 5.92 Å². The second-order valence-corrected chi connectivity index (χ2v) is 4.57. The summed E-state index contributed by atoms with van der Waals surface area (Å²) in [5.41, 5.74) is 0. The fourth-order valence-corrected chi connectivity index (χ4v) is 2.09. The lowest BCUT2D eigenvalue weighted by atomic mass is 9.93. The number of hydrogen-bond acceptors (Lipinski definition) is 2. The van der Waals surface area contributed by atoms with Gasteiger partial charge in [-0.15, -0.1) is 0 Å². The van der Waals surface area contributed by atoms with Gasteiger partial charge in [0, 0.05) is 19.3 Å². The first-order chi connectivity index (χ1) is 7.78. The first-order valence-corrected chi connectivity index (χ1v) is 7.09. The van der Waals surface area contributed by atoms with Gasteiger partial charge in [-0.05, 0) is 31.7 Å². The summed E-state index contributed by atoms with van der Waals surface area (Å²) in [5.74, 6) is 0.871. The maximum absolute atomic E-state index is 5.57. The molecule has 2 heteroatoms. The van der Waals surface area contributed by atoms with E-state index in [0.29, 0.717) is 6.04 Å². The summed E-state index contributed by atoms with van der Waals surface area (Å²) < 4.78 is 5.57. The molecule has 0 aromatic carbocycles. The second kappa shape index (κ2) is 11.4. The number of rotatable bonds is 11. The van der Waals surface area contributed by atoms with E-state index in [2.05, 4.69) is 33.0 Å². The Morgan fingerprint density at radius 1 is 1.00 bits per heavy atom. The number of nitrogens with one attached hydrogen (secondary N) is 1. The fourth-order valence-electron chi connectivity index (χ4n) is 2.09. The molecule has 0 heterocycles. The highest BCUT2D eigenvalue weighted by Crippen LogP contribution is 2.16. The molecule has 0 aliphatic carbocycles. The molecule has 16 heavy (non-hydrogen) atoms. The summed E-state index contributed by atoms with van der Waals surface area (Å²) in [6.07, 6.45) is 6.18. The first-order valence-electron chi connectivity index (χ1n) is 7.09. The molecule has 2 nitrogen and oxygen atoms in total. The van der Waals surface area contributed by atoms with Crippen molar-refractivity contribution in [2.24, 2.45) is 5.92 Å². The molecule has 0 spiro atoms. The van der Waals surface area contributed by atoms with Crippen molar-refractivity contribution in [2.75, 3.05) is 19.8 Å². The zero-order chi connectivity index (χ0) is 12.2. The van der Waals surface area contributed by atoms with Gasteiger partial charge < -0.3 is 10.1 Å². The largest absolute Gasteiger partial charge is 0.381 e. The highest BCUT2D eigenvalue weighted by atomic mass is 16.5. The standard InChI is InChI=1S/C14H31NO/c1-5-10-16-11-9-14(15-8-4)12-13(6-2)7-3/h13-15H,5-12H2,1-4H3. The van der Waals surface area contributed by atoms with Gasteiger partial charge in [0.15, 0.2) is 0 Å². The average Bonchev–Trinajstić information content (AvgIpc) is 2.31. The molecule has 1 unspecified atom stereocenters. The van der Waals surface area contributed by atoms with Gasteiger partial charge in [0.25, 0.3) is 0 Å². The third kappa shape index (κ3) is 8.12. The van der Waals surface area contributed by atoms with Gasteiger partial charge in [-0.1, -0.05) is 40.5 Å². The third-order valence-corrected chi connectivity index (χ3v) is 3.22. The molecule has 0 amide bonds. The summed E-state index contributed by atoms with van der Waals surface area (Å²) >= 11 is 0. The molecule has 0 saturated carbocycles. The third-order valence-electron chi connectivity index (χ3n) is 3.22. The van der Waals surface area contributed by atoms with Crippen molar-refractivity contribution in [2.45, 2.75) is 65.8 Å².